The number of carbonyl (C=O) groups is 1. The van der Waals surface area contributed by atoms with Gasteiger partial charge in [0, 0.05) is 18.6 Å². The highest BCUT2D eigenvalue weighted by Gasteiger charge is 2.29. The lowest BCUT2D eigenvalue weighted by molar-refractivity contribution is -0.123. The van der Waals surface area contributed by atoms with Gasteiger partial charge in [0.1, 0.15) is 5.75 Å². The van der Waals surface area contributed by atoms with Gasteiger partial charge in [0.25, 0.3) is 5.91 Å². The van der Waals surface area contributed by atoms with Crippen LogP contribution in [0.2, 0.25) is 5.02 Å². The Morgan fingerprint density at radius 3 is 2.62 bits per heavy atom. The first-order chi connectivity index (χ1) is 12.5. The lowest BCUT2D eigenvalue weighted by Gasteiger charge is -2.24. The molecule has 1 amide bonds. The number of likely N-dealkylation sites (N-methyl/N-ethyl adjacent to an activating group) is 1. The van der Waals surface area contributed by atoms with Crippen LogP contribution in [0, 0.1) is 0 Å². The quantitative estimate of drug-likeness (QED) is 0.761. The largest absolute Gasteiger partial charge is 0.482 e. The molecule has 0 heterocycles. The van der Waals surface area contributed by atoms with Crippen molar-refractivity contribution in [1.82, 2.24) is 10.2 Å². The SMILES string of the molecule is CC(CNC(=O)COc1ccc(-c2ccccc2)cc1Cl)N(C)C1CC1. The molecule has 138 valence electrons. The summed E-state index contributed by atoms with van der Waals surface area (Å²) in [6.45, 7) is 2.71. The van der Waals surface area contributed by atoms with Crippen molar-refractivity contribution in [3.8, 4) is 16.9 Å². The van der Waals surface area contributed by atoms with Crippen LogP contribution in [0.25, 0.3) is 11.1 Å². The Labute approximate surface area is 160 Å². The molecule has 0 radical (unpaired) electrons. The number of halogens is 1. The minimum atomic E-state index is -0.135. The Hall–Kier alpha value is -2.04. The minimum absolute atomic E-state index is 0.0374. The third kappa shape index (κ3) is 4.99. The van der Waals surface area contributed by atoms with Gasteiger partial charge in [-0.25, -0.2) is 0 Å². The Kier molecular flexibility index (Phi) is 6.17. The molecule has 4 nitrogen and oxygen atoms in total. The zero-order chi connectivity index (χ0) is 18.5. The first kappa shape index (κ1) is 18.7. The van der Waals surface area contributed by atoms with Gasteiger partial charge < -0.3 is 10.1 Å². The van der Waals surface area contributed by atoms with Crippen molar-refractivity contribution in [3.05, 3.63) is 53.6 Å². The third-order valence-corrected chi connectivity index (χ3v) is 5.11. The highest BCUT2D eigenvalue weighted by Crippen LogP contribution is 2.30. The van der Waals surface area contributed by atoms with E-state index in [4.69, 9.17) is 16.3 Å². The topological polar surface area (TPSA) is 41.6 Å². The van der Waals surface area contributed by atoms with E-state index < -0.39 is 0 Å². The molecule has 3 rings (SSSR count). The molecular weight excluding hydrogens is 348 g/mol. The van der Waals surface area contributed by atoms with Gasteiger partial charge in [-0.05, 0) is 50.1 Å². The van der Waals surface area contributed by atoms with Crippen molar-refractivity contribution in [2.75, 3.05) is 20.2 Å². The van der Waals surface area contributed by atoms with Gasteiger partial charge in [0.15, 0.2) is 6.61 Å². The summed E-state index contributed by atoms with van der Waals surface area (Å²) in [5.74, 6) is 0.383. The number of nitrogens with one attached hydrogen (secondary N) is 1. The highest BCUT2D eigenvalue weighted by atomic mass is 35.5. The summed E-state index contributed by atoms with van der Waals surface area (Å²) < 4.78 is 5.58. The first-order valence-corrected chi connectivity index (χ1v) is 9.39. The molecule has 1 unspecified atom stereocenters. The summed E-state index contributed by atoms with van der Waals surface area (Å²) >= 11 is 6.31. The fourth-order valence-electron chi connectivity index (χ4n) is 2.87. The number of benzene rings is 2. The van der Waals surface area contributed by atoms with Crippen molar-refractivity contribution in [1.29, 1.82) is 0 Å². The van der Waals surface area contributed by atoms with Crippen LogP contribution in [-0.2, 0) is 4.79 Å². The van der Waals surface area contributed by atoms with Crippen LogP contribution in [-0.4, -0.2) is 43.1 Å². The Morgan fingerprint density at radius 2 is 1.96 bits per heavy atom. The summed E-state index contributed by atoms with van der Waals surface area (Å²) in [7, 11) is 2.11. The maximum Gasteiger partial charge on any atom is 0.257 e. The highest BCUT2D eigenvalue weighted by molar-refractivity contribution is 6.32. The van der Waals surface area contributed by atoms with Crippen LogP contribution >= 0.6 is 11.6 Å². The average Bonchev–Trinajstić information content (AvgIpc) is 3.50. The molecule has 1 atom stereocenters. The second kappa shape index (κ2) is 8.56. The minimum Gasteiger partial charge on any atom is -0.482 e. The second-order valence-corrected chi connectivity index (χ2v) is 7.26. The third-order valence-electron chi connectivity index (χ3n) is 4.81. The van der Waals surface area contributed by atoms with Gasteiger partial charge in [-0.1, -0.05) is 48.0 Å². The standard InChI is InChI=1S/C21H25ClN2O2/c1-15(24(2)18-9-10-18)13-23-21(25)14-26-20-11-8-17(12-19(20)22)16-6-4-3-5-7-16/h3-8,11-12,15,18H,9-10,13-14H2,1-2H3,(H,23,25). The van der Waals surface area contributed by atoms with E-state index in [1.54, 1.807) is 6.07 Å². The fraction of sp³-hybridized carbons (Fsp3) is 0.381. The van der Waals surface area contributed by atoms with Crippen LogP contribution in [0.5, 0.6) is 5.75 Å². The number of amides is 1. The van der Waals surface area contributed by atoms with Crippen molar-refractivity contribution < 1.29 is 9.53 Å². The molecule has 1 aliphatic carbocycles. The number of carbonyl (C=O) groups excluding carboxylic acids is 1. The van der Waals surface area contributed by atoms with Crippen molar-refractivity contribution >= 4 is 17.5 Å². The first-order valence-electron chi connectivity index (χ1n) is 9.01. The summed E-state index contributed by atoms with van der Waals surface area (Å²) in [5, 5.41) is 3.43. The molecule has 0 aliphatic heterocycles. The Balaban J connectivity index is 1.48. The molecule has 2 aromatic carbocycles. The van der Waals surface area contributed by atoms with Gasteiger partial charge in [0.2, 0.25) is 0 Å². The van der Waals surface area contributed by atoms with Gasteiger partial charge in [-0.2, -0.15) is 0 Å². The number of hydrogen-bond acceptors (Lipinski definition) is 3. The second-order valence-electron chi connectivity index (χ2n) is 6.85. The van der Waals surface area contributed by atoms with Gasteiger partial charge >= 0.3 is 0 Å². The van der Waals surface area contributed by atoms with Gasteiger partial charge in [-0.3, -0.25) is 9.69 Å². The number of hydrogen-bond donors (Lipinski definition) is 1. The van der Waals surface area contributed by atoms with E-state index in [0.29, 0.717) is 29.4 Å². The number of rotatable bonds is 8. The van der Waals surface area contributed by atoms with Gasteiger partial charge in [-0.15, -0.1) is 0 Å². The normalized spacial score (nSPS) is 14.9. The van der Waals surface area contributed by atoms with Crippen LogP contribution in [0.4, 0.5) is 0 Å². The average molecular weight is 373 g/mol. The lowest BCUT2D eigenvalue weighted by Crippen LogP contribution is -2.42. The van der Waals surface area contributed by atoms with E-state index in [-0.39, 0.29) is 12.5 Å². The molecule has 0 spiro atoms. The molecule has 1 fully saturated rings. The summed E-state index contributed by atoms with van der Waals surface area (Å²) in [5.41, 5.74) is 2.11. The van der Waals surface area contributed by atoms with E-state index in [1.165, 1.54) is 12.8 Å². The van der Waals surface area contributed by atoms with Crippen LogP contribution in [0.3, 0.4) is 0 Å². The molecule has 0 bridgehead atoms. The summed E-state index contributed by atoms with van der Waals surface area (Å²) in [4.78, 5) is 14.4. The predicted octanol–water partition coefficient (Wildman–Crippen LogP) is 3.98. The zero-order valence-corrected chi connectivity index (χ0v) is 16.0. The van der Waals surface area contributed by atoms with E-state index >= 15 is 0 Å². The maximum absolute atomic E-state index is 12.0. The Bertz CT molecular complexity index is 747. The number of ether oxygens (including phenoxy) is 1. The summed E-state index contributed by atoms with van der Waals surface area (Å²) in [6, 6.07) is 16.6. The van der Waals surface area contributed by atoms with Crippen molar-refractivity contribution in [3.63, 3.8) is 0 Å². The molecule has 26 heavy (non-hydrogen) atoms. The monoisotopic (exact) mass is 372 g/mol. The van der Waals surface area contributed by atoms with Crippen LogP contribution < -0.4 is 10.1 Å². The number of nitrogens with zero attached hydrogens (tertiary/aromatic N) is 1. The zero-order valence-electron chi connectivity index (χ0n) is 15.2. The van der Waals surface area contributed by atoms with E-state index in [1.807, 2.05) is 42.5 Å². The molecule has 2 aromatic rings. The molecule has 1 N–H and O–H groups in total. The van der Waals surface area contributed by atoms with Crippen molar-refractivity contribution in [2.45, 2.75) is 31.8 Å². The smallest absolute Gasteiger partial charge is 0.257 e. The molecule has 0 saturated heterocycles. The van der Waals surface area contributed by atoms with Crippen LogP contribution in [0.15, 0.2) is 48.5 Å². The molecule has 1 aliphatic rings. The van der Waals surface area contributed by atoms with E-state index in [0.717, 1.165) is 11.1 Å². The molecule has 0 aromatic heterocycles. The lowest BCUT2D eigenvalue weighted by atomic mass is 10.1. The predicted molar refractivity (Wildman–Crippen MR) is 106 cm³/mol. The fourth-order valence-corrected chi connectivity index (χ4v) is 3.10. The van der Waals surface area contributed by atoms with Gasteiger partial charge in [0.05, 0.1) is 5.02 Å². The molecule has 1 saturated carbocycles. The molecular formula is C21H25ClN2O2. The van der Waals surface area contributed by atoms with E-state index in [9.17, 15) is 4.79 Å². The van der Waals surface area contributed by atoms with E-state index in [2.05, 4.69) is 24.2 Å². The van der Waals surface area contributed by atoms with Crippen molar-refractivity contribution in [2.24, 2.45) is 0 Å². The maximum atomic E-state index is 12.0. The Morgan fingerprint density at radius 1 is 1.23 bits per heavy atom. The summed E-state index contributed by atoms with van der Waals surface area (Å²) in [6.07, 6.45) is 2.52. The van der Waals surface area contributed by atoms with Crippen LogP contribution in [0.1, 0.15) is 19.8 Å². The molecule has 5 heteroatoms.